The van der Waals surface area contributed by atoms with Crippen molar-refractivity contribution in [3.05, 3.63) is 16.1 Å². The van der Waals surface area contributed by atoms with Crippen LogP contribution in [0.5, 0.6) is 0 Å². The van der Waals surface area contributed by atoms with E-state index in [2.05, 4.69) is 24.5 Å². The SMILES string of the molecule is CC(C)NCCCc1csc(C2CCCC2)n1. The van der Waals surface area contributed by atoms with Crippen LogP contribution in [0.25, 0.3) is 0 Å². The van der Waals surface area contributed by atoms with E-state index in [-0.39, 0.29) is 0 Å². The Labute approximate surface area is 109 Å². The molecule has 1 saturated carbocycles. The lowest BCUT2D eigenvalue weighted by atomic mass is 10.1. The second-order valence-electron chi connectivity index (χ2n) is 5.37. The number of nitrogens with one attached hydrogen (secondary N) is 1. The molecule has 3 heteroatoms. The van der Waals surface area contributed by atoms with Gasteiger partial charge in [-0.3, -0.25) is 0 Å². The van der Waals surface area contributed by atoms with Crippen LogP contribution >= 0.6 is 11.3 Å². The Morgan fingerprint density at radius 3 is 2.88 bits per heavy atom. The van der Waals surface area contributed by atoms with Crippen molar-refractivity contribution < 1.29 is 0 Å². The number of rotatable bonds is 6. The standard InChI is InChI=1S/C14H24N2S/c1-11(2)15-9-5-8-13-10-17-14(16-13)12-6-3-4-7-12/h10-12,15H,3-9H2,1-2H3. The minimum atomic E-state index is 0.597. The molecule has 1 aliphatic carbocycles. The summed E-state index contributed by atoms with van der Waals surface area (Å²) in [5.74, 6) is 0.780. The summed E-state index contributed by atoms with van der Waals surface area (Å²) in [6.07, 6.45) is 7.86. The number of aryl methyl sites for hydroxylation is 1. The van der Waals surface area contributed by atoms with Gasteiger partial charge in [-0.05, 0) is 32.2 Å². The second-order valence-corrected chi connectivity index (χ2v) is 6.26. The van der Waals surface area contributed by atoms with Crippen molar-refractivity contribution in [2.24, 2.45) is 0 Å². The van der Waals surface area contributed by atoms with Crippen molar-refractivity contribution in [2.75, 3.05) is 6.54 Å². The Morgan fingerprint density at radius 2 is 2.18 bits per heavy atom. The molecule has 1 fully saturated rings. The third-order valence-corrected chi connectivity index (χ3v) is 4.49. The maximum atomic E-state index is 4.80. The summed E-state index contributed by atoms with van der Waals surface area (Å²) >= 11 is 1.88. The minimum Gasteiger partial charge on any atom is -0.315 e. The molecule has 2 rings (SSSR count). The van der Waals surface area contributed by atoms with Crippen molar-refractivity contribution in [1.29, 1.82) is 0 Å². The van der Waals surface area contributed by atoms with E-state index < -0.39 is 0 Å². The molecule has 0 unspecified atom stereocenters. The molecule has 1 aromatic heterocycles. The highest BCUT2D eigenvalue weighted by Gasteiger charge is 2.19. The van der Waals surface area contributed by atoms with E-state index in [1.165, 1.54) is 42.8 Å². The summed E-state index contributed by atoms with van der Waals surface area (Å²) < 4.78 is 0. The molecule has 0 atom stereocenters. The smallest absolute Gasteiger partial charge is 0.0959 e. The highest BCUT2D eigenvalue weighted by atomic mass is 32.1. The highest BCUT2D eigenvalue weighted by Crippen LogP contribution is 2.35. The van der Waals surface area contributed by atoms with Crippen LogP contribution in [0.1, 0.15) is 62.6 Å². The summed E-state index contributed by atoms with van der Waals surface area (Å²) in [5.41, 5.74) is 1.31. The topological polar surface area (TPSA) is 24.9 Å². The van der Waals surface area contributed by atoms with Crippen LogP contribution in [-0.2, 0) is 6.42 Å². The summed E-state index contributed by atoms with van der Waals surface area (Å²) in [5, 5.41) is 7.12. The summed E-state index contributed by atoms with van der Waals surface area (Å²) in [6, 6.07) is 0.597. The second kappa shape index (κ2) is 6.50. The van der Waals surface area contributed by atoms with Crippen LogP contribution in [0.3, 0.4) is 0 Å². The van der Waals surface area contributed by atoms with Crippen LogP contribution in [-0.4, -0.2) is 17.6 Å². The first-order valence-electron chi connectivity index (χ1n) is 6.93. The molecule has 1 aromatic rings. The Kier molecular flexibility index (Phi) is 4.99. The molecule has 1 aliphatic rings. The molecule has 17 heavy (non-hydrogen) atoms. The van der Waals surface area contributed by atoms with Gasteiger partial charge in [0.05, 0.1) is 10.7 Å². The van der Waals surface area contributed by atoms with Gasteiger partial charge in [-0.15, -0.1) is 11.3 Å². The number of aromatic nitrogens is 1. The maximum absolute atomic E-state index is 4.80. The van der Waals surface area contributed by atoms with Gasteiger partial charge in [-0.1, -0.05) is 26.7 Å². The lowest BCUT2D eigenvalue weighted by Crippen LogP contribution is -2.23. The number of nitrogens with zero attached hydrogens (tertiary/aromatic N) is 1. The molecular formula is C14H24N2S. The van der Waals surface area contributed by atoms with E-state index >= 15 is 0 Å². The molecule has 96 valence electrons. The van der Waals surface area contributed by atoms with Gasteiger partial charge in [0, 0.05) is 17.3 Å². The molecule has 0 aliphatic heterocycles. The average Bonchev–Trinajstić information content (AvgIpc) is 2.94. The van der Waals surface area contributed by atoms with Crippen molar-refractivity contribution in [2.45, 2.75) is 64.3 Å². The zero-order valence-corrected chi connectivity index (χ0v) is 11.9. The van der Waals surface area contributed by atoms with Crippen LogP contribution in [0.4, 0.5) is 0 Å². The fourth-order valence-corrected chi connectivity index (χ4v) is 3.48. The lowest BCUT2D eigenvalue weighted by molar-refractivity contribution is 0.568. The molecule has 0 amide bonds. The largest absolute Gasteiger partial charge is 0.315 e. The van der Waals surface area contributed by atoms with Crippen molar-refractivity contribution in [3.63, 3.8) is 0 Å². The van der Waals surface area contributed by atoms with Gasteiger partial charge in [-0.25, -0.2) is 4.98 Å². The van der Waals surface area contributed by atoms with Gasteiger partial charge in [0.2, 0.25) is 0 Å². The van der Waals surface area contributed by atoms with Gasteiger partial charge < -0.3 is 5.32 Å². The summed E-state index contributed by atoms with van der Waals surface area (Å²) in [4.78, 5) is 4.80. The monoisotopic (exact) mass is 252 g/mol. The van der Waals surface area contributed by atoms with Crippen molar-refractivity contribution in [1.82, 2.24) is 10.3 Å². The summed E-state index contributed by atoms with van der Waals surface area (Å²) in [6.45, 7) is 5.50. The predicted octanol–water partition coefficient (Wildman–Crippen LogP) is 3.73. The van der Waals surface area contributed by atoms with E-state index in [0.29, 0.717) is 6.04 Å². The number of thiazole rings is 1. The fourth-order valence-electron chi connectivity index (χ4n) is 2.46. The summed E-state index contributed by atoms with van der Waals surface area (Å²) in [7, 11) is 0. The van der Waals surface area contributed by atoms with Gasteiger partial charge in [0.1, 0.15) is 0 Å². The fraction of sp³-hybridized carbons (Fsp3) is 0.786. The Morgan fingerprint density at radius 1 is 1.41 bits per heavy atom. The van der Waals surface area contributed by atoms with E-state index in [9.17, 15) is 0 Å². The van der Waals surface area contributed by atoms with Gasteiger partial charge >= 0.3 is 0 Å². The molecule has 1 heterocycles. The maximum Gasteiger partial charge on any atom is 0.0959 e. The molecule has 0 bridgehead atoms. The van der Waals surface area contributed by atoms with E-state index in [0.717, 1.165) is 18.9 Å². The zero-order chi connectivity index (χ0) is 12.1. The molecule has 0 aromatic carbocycles. The van der Waals surface area contributed by atoms with Crippen molar-refractivity contribution in [3.8, 4) is 0 Å². The Balaban J connectivity index is 1.74. The van der Waals surface area contributed by atoms with Gasteiger partial charge in [0.25, 0.3) is 0 Å². The van der Waals surface area contributed by atoms with E-state index in [4.69, 9.17) is 4.98 Å². The molecule has 0 spiro atoms. The van der Waals surface area contributed by atoms with E-state index in [1.54, 1.807) is 0 Å². The van der Waals surface area contributed by atoms with Crippen LogP contribution < -0.4 is 5.32 Å². The zero-order valence-electron chi connectivity index (χ0n) is 11.0. The molecule has 1 N–H and O–H groups in total. The number of hydrogen-bond acceptors (Lipinski definition) is 3. The lowest BCUT2D eigenvalue weighted by Gasteiger charge is -2.06. The Hall–Kier alpha value is -0.410. The van der Waals surface area contributed by atoms with Crippen LogP contribution in [0.15, 0.2) is 5.38 Å². The van der Waals surface area contributed by atoms with Crippen LogP contribution in [0.2, 0.25) is 0 Å². The first-order valence-corrected chi connectivity index (χ1v) is 7.81. The van der Waals surface area contributed by atoms with E-state index in [1.807, 2.05) is 11.3 Å². The molecule has 0 radical (unpaired) electrons. The van der Waals surface area contributed by atoms with Gasteiger partial charge in [-0.2, -0.15) is 0 Å². The number of hydrogen-bond donors (Lipinski definition) is 1. The normalized spacial score (nSPS) is 17.1. The minimum absolute atomic E-state index is 0.597. The Bertz CT molecular complexity index is 327. The first kappa shape index (κ1) is 13.0. The predicted molar refractivity (Wildman–Crippen MR) is 74.8 cm³/mol. The molecule has 0 saturated heterocycles. The third kappa shape index (κ3) is 4.07. The quantitative estimate of drug-likeness (QED) is 0.780. The highest BCUT2D eigenvalue weighted by molar-refractivity contribution is 7.09. The van der Waals surface area contributed by atoms with Gasteiger partial charge in [0.15, 0.2) is 0 Å². The average molecular weight is 252 g/mol. The first-order chi connectivity index (χ1) is 8.25. The molecule has 2 nitrogen and oxygen atoms in total. The third-order valence-electron chi connectivity index (χ3n) is 3.44. The van der Waals surface area contributed by atoms with Crippen molar-refractivity contribution >= 4 is 11.3 Å². The molecular weight excluding hydrogens is 228 g/mol. The van der Waals surface area contributed by atoms with Crippen LogP contribution in [0, 0.1) is 0 Å².